The third-order valence-corrected chi connectivity index (χ3v) is 7.09. The van der Waals surface area contributed by atoms with E-state index in [1.54, 1.807) is 48.5 Å². The molecule has 3 amide bonds. The van der Waals surface area contributed by atoms with Gasteiger partial charge in [-0.2, -0.15) is 0 Å². The molecule has 0 aromatic heterocycles. The maximum absolute atomic E-state index is 12.9. The van der Waals surface area contributed by atoms with Crippen molar-refractivity contribution in [2.45, 2.75) is 10.3 Å². The van der Waals surface area contributed by atoms with E-state index < -0.39 is 33.9 Å². The zero-order chi connectivity index (χ0) is 25.3. The van der Waals surface area contributed by atoms with E-state index in [9.17, 15) is 14.4 Å². The third-order valence-electron chi connectivity index (χ3n) is 5.38. The number of nitrogens with one attached hydrogen (secondary N) is 3. The van der Waals surface area contributed by atoms with E-state index in [1.807, 2.05) is 0 Å². The minimum atomic E-state index is -1.35. The SMILES string of the molecule is O=C(NNC(=O)c1cc(NC(=O)[C@H]2[C@H](c3cc(Cl)cc(Cl)c3)C2(Cl)Cl)ccc1Cl)c1ccccc1. The molecule has 0 unspecified atom stereocenters. The van der Waals surface area contributed by atoms with Gasteiger partial charge in [-0.25, -0.2) is 0 Å². The van der Waals surface area contributed by atoms with E-state index in [-0.39, 0.29) is 16.3 Å². The second-order valence-electron chi connectivity index (χ2n) is 7.79. The monoisotopic (exact) mass is 569 g/mol. The fraction of sp³-hybridized carbons (Fsp3) is 0.125. The topological polar surface area (TPSA) is 87.3 Å². The van der Waals surface area contributed by atoms with Crippen LogP contribution in [0, 0.1) is 5.92 Å². The molecule has 3 aromatic carbocycles. The Balaban J connectivity index is 1.44. The molecule has 1 saturated carbocycles. The van der Waals surface area contributed by atoms with Crippen LogP contribution < -0.4 is 16.2 Å². The zero-order valence-corrected chi connectivity index (χ0v) is 21.4. The molecule has 35 heavy (non-hydrogen) atoms. The first-order valence-electron chi connectivity index (χ1n) is 10.2. The third kappa shape index (κ3) is 5.68. The maximum Gasteiger partial charge on any atom is 0.271 e. The van der Waals surface area contributed by atoms with E-state index in [2.05, 4.69) is 16.2 Å². The van der Waals surface area contributed by atoms with Crippen LogP contribution in [0.3, 0.4) is 0 Å². The first-order valence-corrected chi connectivity index (χ1v) is 12.1. The Kier molecular flexibility index (Phi) is 7.50. The van der Waals surface area contributed by atoms with Crippen LogP contribution in [0.4, 0.5) is 5.69 Å². The second kappa shape index (κ2) is 10.2. The summed E-state index contributed by atoms with van der Waals surface area (Å²) in [6.07, 6.45) is 0. The summed E-state index contributed by atoms with van der Waals surface area (Å²) in [6.45, 7) is 0. The summed E-state index contributed by atoms with van der Waals surface area (Å²) < 4.78 is -1.35. The van der Waals surface area contributed by atoms with Gasteiger partial charge in [-0.1, -0.05) is 53.0 Å². The molecule has 4 rings (SSSR count). The van der Waals surface area contributed by atoms with Gasteiger partial charge >= 0.3 is 0 Å². The van der Waals surface area contributed by atoms with Gasteiger partial charge in [0.15, 0.2) is 0 Å². The molecule has 1 fully saturated rings. The lowest BCUT2D eigenvalue weighted by molar-refractivity contribution is -0.117. The largest absolute Gasteiger partial charge is 0.326 e. The minimum absolute atomic E-state index is 0.0369. The fourth-order valence-corrected chi connectivity index (χ4v) is 5.24. The molecule has 0 radical (unpaired) electrons. The lowest BCUT2D eigenvalue weighted by atomic mass is 10.1. The number of alkyl halides is 2. The Bertz CT molecular complexity index is 1300. The molecule has 1 aliphatic rings. The van der Waals surface area contributed by atoms with Gasteiger partial charge in [0.05, 0.1) is 16.5 Å². The summed E-state index contributed by atoms with van der Waals surface area (Å²) in [5.41, 5.74) is 5.95. The normalized spacial score (nSPS) is 17.9. The highest BCUT2D eigenvalue weighted by Crippen LogP contribution is 2.65. The summed E-state index contributed by atoms with van der Waals surface area (Å²) in [6, 6.07) is 17.6. The van der Waals surface area contributed by atoms with Crippen LogP contribution in [-0.2, 0) is 4.79 Å². The number of rotatable bonds is 5. The molecule has 180 valence electrons. The average Bonchev–Trinajstić information content (AvgIpc) is 3.40. The van der Waals surface area contributed by atoms with Crippen molar-refractivity contribution in [3.8, 4) is 0 Å². The molecule has 3 aromatic rings. The Labute approximate surface area is 225 Å². The molecule has 0 saturated heterocycles. The predicted molar refractivity (Wildman–Crippen MR) is 139 cm³/mol. The van der Waals surface area contributed by atoms with Crippen molar-refractivity contribution in [1.82, 2.24) is 10.9 Å². The predicted octanol–water partition coefficient (Wildman–Crippen LogP) is 6.25. The van der Waals surface area contributed by atoms with E-state index in [0.29, 0.717) is 21.2 Å². The molecule has 11 heteroatoms. The van der Waals surface area contributed by atoms with Crippen LogP contribution in [-0.4, -0.2) is 22.1 Å². The van der Waals surface area contributed by atoms with E-state index in [0.717, 1.165) is 0 Å². The molecule has 1 aliphatic carbocycles. The van der Waals surface area contributed by atoms with Crippen molar-refractivity contribution in [2.75, 3.05) is 5.32 Å². The molecule has 6 nitrogen and oxygen atoms in total. The molecular weight excluding hydrogens is 556 g/mol. The van der Waals surface area contributed by atoms with Gasteiger partial charge in [0.2, 0.25) is 5.91 Å². The van der Waals surface area contributed by atoms with Crippen molar-refractivity contribution in [2.24, 2.45) is 5.92 Å². The van der Waals surface area contributed by atoms with Gasteiger partial charge in [0, 0.05) is 27.2 Å². The number of hydrogen-bond acceptors (Lipinski definition) is 3. The van der Waals surface area contributed by atoms with Crippen LogP contribution >= 0.6 is 58.0 Å². The van der Waals surface area contributed by atoms with E-state index in [1.165, 1.54) is 18.2 Å². The molecule has 0 aliphatic heterocycles. The zero-order valence-electron chi connectivity index (χ0n) is 17.6. The van der Waals surface area contributed by atoms with Crippen LogP contribution in [0.2, 0.25) is 15.1 Å². The first kappa shape index (κ1) is 25.6. The summed E-state index contributed by atoms with van der Waals surface area (Å²) in [5.74, 6) is -2.93. The Morgan fingerprint density at radius 3 is 2.06 bits per heavy atom. The van der Waals surface area contributed by atoms with Crippen LogP contribution in [0.15, 0.2) is 66.7 Å². The van der Waals surface area contributed by atoms with E-state index >= 15 is 0 Å². The van der Waals surface area contributed by atoms with Crippen molar-refractivity contribution >= 4 is 81.4 Å². The fourth-order valence-electron chi connectivity index (χ4n) is 3.66. The Morgan fingerprint density at radius 1 is 0.771 bits per heavy atom. The van der Waals surface area contributed by atoms with Crippen molar-refractivity contribution in [1.29, 1.82) is 0 Å². The molecular formula is C24H16Cl5N3O3. The van der Waals surface area contributed by atoms with Gasteiger partial charge in [0.1, 0.15) is 4.33 Å². The lowest BCUT2D eigenvalue weighted by Crippen LogP contribution is -2.41. The number of benzene rings is 3. The Morgan fingerprint density at radius 2 is 1.40 bits per heavy atom. The highest BCUT2D eigenvalue weighted by Gasteiger charge is 2.67. The number of carbonyl (C=O) groups is 3. The van der Waals surface area contributed by atoms with Gasteiger partial charge in [-0.05, 0) is 54.1 Å². The van der Waals surface area contributed by atoms with Crippen LogP contribution in [0.5, 0.6) is 0 Å². The van der Waals surface area contributed by atoms with Gasteiger partial charge < -0.3 is 5.32 Å². The highest BCUT2D eigenvalue weighted by atomic mass is 35.5. The maximum atomic E-state index is 12.9. The molecule has 3 N–H and O–H groups in total. The summed E-state index contributed by atoms with van der Waals surface area (Å²) in [7, 11) is 0. The first-order chi connectivity index (χ1) is 16.6. The number of hydrogen-bond donors (Lipinski definition) is 3. The Hall–Kier alpha value is -2.48. The van der Waals surface area contributed by atoms with E-state index in [4.69, 9.17) is 58.0 Å². The minimum Gasteiger partial charge on any atom is -0.326 e. The summed E-state index contributed by atoms with van der Waals surface area (Å²) >= 11 is 31.1. The van der Waals surface area contributed by atoms with Gasteiger partial charge in [-0.3, -0.25) is 25.2 Å². The standard InChI is InChI=1S/C24H16Cl5N3O3/c25-14-8-13(9-15(26)10-14)19-20(24(19,28)29)23(35)30-16-6-7-18(27)17(11-16)22(34)32-31-21(33)12-4-2-1-3-5-12/h1-11,19-20H,(H,30,35)(H,31,33)(H,32,34)/t19-,20+/m0/s1. The number of anilines is 1. The van der Waals surface area contributed by atoms with Crippen molar-refractivity contribution < 1.29 is 14.4 Å². The smallest absolute Gasteiger partial charge is 0.271 e. The summed E-state index contributed by atoms with van der Waals surface area (Å²) in [4.78, 5) is 37.7. The number of carbonyl (C=O) groups excluding carboxylic acids is 3. The molecule has 0 bridgehead atoms. The number of halogens is 5. The highest BCUT2D eigenvalue weighted by molar-refractivity contribution is 6.53. The molecule has 0 heterocycles. The molecule has 0 spiro atoms. The van der Waals surface area contributed by atoms with Gasteiger partial charge in [0.25, 0.3) is 11.8 Å². The number of hydrazine groups is 1. The second-order valence-corrected chi connectivity index (χ2v) is 10.5. The number of amides is 3. The lowest BCUT2D eigenvalue weighted by Gasteiger charge is -2.11. The van der Waals surface area contributed by atoms with Crippen LogP contribution in [0.25, 0.3) is 0 Å². The molecule has 2 atom stereocenters. The van der Waals surface area contributed by atoms with Crippen molar-refractivity contribution in [3.63, 3.8) is 0 Å². The average molecular weight is 572 g/mol. The van der Waals surface area contributed by atoms with Crippen molar-refractivity contribution in [3.05, 3.63) is 98.5 Å². The quantitative estimate of drug-likeness (QED) is 0.250. The summed E-state index contributed by atoms with van der Waals surface area (Å²) in [5, 5.41) is 3.62. The van der Waals surface area contributed by atoms with Gasteiger partial charge in [-0.15, -0.1) is 23.2 Å². The van der Waals surface area contributed by atoms with Crippen LogP contribution in [0.1, 0.15) is 32.2 Å².